The number of benzene rings is 10. The van der Waals surface area contributed by atoms with E-state index < -0.39 is 5.41 Å². The lowest BCUT2D eigenvalue weighted by molar-refractivity contribution is 0.590. The maximum atomic E-state index is 7.56. The molecule has 80 heavy (non-hydrogen) atoms. The summed E-state index contributed by atoms with van der Waals surface area (Å²) in [5.74, 6) is 0.381. The lowest BCUT2D eigenvalue weighted by atomic mass is 9.67. The van der Waals surface area contributed by atoms with Crippen LogP contribution in [0.3, 0.4) is 0 Å². The van der Waals surface area contributed by atoms with Crippen LogP contribution in [0.1, 0.15) is 127 Å². The van der Waals surface area contributed by atoms with Crippen LogP contribution in [0.4, 0.5) is 34.1 Å². The van der Waals surface area contributed by atoms with E-state index in [-0.39, 0.29) is 16.2 Å². The molecule has 2 heterocycles. The second-order valence-electron chi connectivity index (χ2n) is 25.5. The second-order valence-corrected chi connectivity index (χ2v) is 25.5. The Morgan fingerprint density at radius 3 is 1.16 bits per heavy atom. The topological polar surface area (TPSA) is 32.8 Å². The molecule has 0 spiro atoms. The fourth-order valence-corrected chi connectivity index (χ4v) is 12.7. The van der Waals surface area contributed by atoms with Gasteiger partial charge in [0, 0.05) is 50.0 Å². The quantitative estimate of drug-likeness (QED) is 0.144. The minimum Gasteiger partial charge on any atom is -0.455 e. The monoisotopic (exact) mass is 1040 g/mol. The van der Waals surface area contributed by atoms with Crippen molar-refractivity contribution >= 4 is 78.0 Å². The fourth-order valence-electron chi connectivity index (χ4n) is 12.7. The molecule has 1 aliphatic carbocycles. The average molecular weight is 1040 g/mol. The molecule has 13 rings (SSSR count). The zero-order valence-corrected chi connectivity index (χ0v) is 48.1. The van der Waals surface area contributed by atoms with Gasteiger partial charge in [-0.15, -0.1) is 0 Å². The van der Waals surface area contributed by atoms with Crippen molar-refractivity contribution in [1.29, 1.82) is 0 Å². The maximum absolute atomic E-state index is 7.56. The summed E-state index contributed by atoms with van der Waals surface area (Å²) in [5.41, 5.74) is 20.5. The fraction of sp³-hybridized carbons (Fsp3) is 0.211. The van der Waals surface area contributed by atoms with Crippen molar-refractivity contribution in [3.63, 3.8) is 0 Å². The first-order valence-corrected chi connectivity index (χ1v) is 28.5. The number of hydrogen-bond donors (Lipinski definition) is 0. The predicted molar refractivity (Wildman–Crippen MR) is 338 cm³/mol. The van der Waals surface area contributed by atoms with E-state index in [9.17, 15) is 0 Å². The Balaban J connectivity index is 1.22. The highest BCUT2D eigenvalue weighted by atomic mass is 16.3. The molecule has 0 N–H and O–H groups in total. The van der Waals surface area contributed by atoms with Gasteiger partial charge in [-0.05, 0) is 139 Å². The molecule has 12 aromatic rings. The zero-order chi connectivity index (χ0) is 55.5. The van der Waals surface area contributed by atoms with Gasteiger partial charge < -0.3 is 18.6 Å². The van der Waals surface area contributed by atoms with Gasteiger partial charge in [0.15, 0.2) is 5.58 Å². The number of hydrogen-bond acceptors (Lipinski definition) is 4. The van der Waals surface area contributed by atoms with Gasteiger partial charge in [0.25, 0.3) is 0 Å². The van der Waals surface area contributed by atoms with Gasteiger partial charge in [-0.2, -0.15) is 0 Å². The number of anilines is 6. The minimum atomic E-state index is -0.877. The Hall–Kier alpha value is -8.60. The molecule has 396 valence electrons. The molecule has 0 bridgehead atoms. The summed E-state index contributed by atoms with van der Waals surface area (Å²) >= 11 is 0. The van der Waals surface area contributed by atoms with Crippen LogP contribution in [0.25, 0.3) is 55.0 Å². The number of nitrogens with zero attached hydrogens (tertiary/aromatic N) is 2. The Morgan fingerprint density at radius 1 is 0.362 bits per heavy atom. The predicted octanol–water partition coefficient (Wildman–Crippen LogP) is 21.8. The molecular formula is C76H70N2O2. The summed E-state index contributed by atoms with van der Waals surface area (Å²) < 4.78 is 15.0. The smallest absolute Gasteiger partial charge is 0.160 e. The molecule has 0 amide bonds. The molecule has 4 heteroatoms. The Morgan fingerprint density at radius 2 is 0.725 bits per heavy atom. The average Bonchev–Trinajstić information content (AvgIpc) is 2.29. The molecule has 0 aliphatic heterocycles. The highest BCUT2D eigenvalue weighted by Gasteiger charge is 2.50. The molecule has 4 nitrogen and oxygen atoms in total. The summed E-state index contributed by atoms with van der Waals surface area (Å²) in [6.45, 7) is 25.1. The number of furan rings is 2. The molecule has 0 atom stereocenters. The van der Waals surface area contributed by atoms with Crippen molar-refractivity contribution in [2.75, 3.05) is 9.80 Å². The molecular weight excluding hydrogens is 973 g/mol. The van der Waals surface area contributed by atoms with E-state index in [0.29, 0.717) is 5.92 Å². The van der Waals surface area contributed by atoms with Crippen molar-refractivity contribution < 1.29 is 8.83 Å². The molecule has 0 radical (unpaired) electrons. The summed E-state index contributed by atoms with van der Waals surface area (Å²) in [6.07, 6.45) is 0. The van der Waals surface area contributed by atoms with Crippen molar-refractivity contribution in [1.82, 2.24) is 0 Å². The van der Waals surface area contributed by atoms with Crippen molar-refractivity contribution in [2.24, 2.45) is 0 Å². The molecule has 10 aromatic carbocycles. The number of fused-ring (bicyclic) bond motifs is 11. The van der Waals surface area contributed by atoms with Crippen LogP contribution in [0.5, 0.6) is 0 Å². The van der Waals surface area contributed by atoms with E-state index in [1.165, 1.54) is 22.3 Å². The Bertz CT molecular complexity index is 4180. The van der Waals surface area contributed by atoms with Crippen molar-refractivity contribution in [2.45, 2.75) is 104 Å². The highest BCUT2D eigenvalue weighted by Crippen LogP contribution is 2.64. The normalized spacial score (nSPS) is 13.4. The van der Waals surface area contributed by atoms with E-state index >= 15 is 0 Å². The molecule has 2 aromatic heterocycles. The number of para-hydroxylation sites is 2. The van der Waals surface area contributed by atoms with Gasteiger partial charge in [-0.3, -0.25) is 0 Å². The van der Waals surface area contributed by atoms with Gasteiger partial charge in [0.05, 0.1) is 22.2 Å². The van der Waals surface area contributed by atoms with Gasteiger partial charge in [-0.25, -0.2) is 0 Å². The summed E-state index contributed by atoms with van der Waals surface area (Å²) in [4.78, 5) is 4.91. The van der Waals surface area contributed by atoms with Crippen molar-refractivity contribution in [3.8, 4) is 11.1 Å². The molecule has 0 unspecified atom stereocenters. The lowest BCUT2D eigenvalue weighted by Crippen LogP contribution is -2.29. The van der Waals surface area contributed by atoms with Crippen LogP contribution in [0.15, 0.2) is 227 Å². The third-order valence-electron chi connectivity index (χ3n) is 17.0. The van der Waals surface area contributed by atoms with Gasteiger partial charge in [-0.1, -0.05) is 222 Å². The van der Waals surface area contributed by atoms with Crippen molar-refractivity contribution in [3.05, 3.63) is 263 Å². The van der Waals surface area contributed by atoms with E-state index in [1.54, 1.807) is 0 Å². The summed E-state index contributed by atoms with van der Waals surface area (Å²) in [7, 11) is 0. The minimum absolute atomic E-state index is 0.0244. The lowest BCUT2D eigenvalue weighted by Gasteiger charge is -2.36. The largest absolute Gasteiger partial charge is 0.455 e. The molecule has 0 saturated heterocycles. The molecule has 1 aliphatic rings. The first kappa shape index (κ1) is 50.9. The van der Waals surface area contributed by atoms with Crippen LogP contribution in [-0.2, 0) is 21.7 Å². The second kappa shape index (κ2) is 18.8. The first-order chi connectivity index (χ1) is 38.4. The maximum Gasteiger partial charge on any atom is 0.160 e. The third kappa shape index (κ3) is 8.17. The van der Waals surface area contributed by atoms with Gasteiger partial charge in [0.1, 0.15) is 16.7 Å². The first-order valence-electron chi connectivity index (χ1n) is 28.5. The standard InChI is InChI=1S/C76H70N2O2/c1-48(2)49-30-38-55(39-31-49)77(56-40-32-50(33-41-56)73(3,4)5)63-46-62-70(72-67(63)59-26-18-20-28-65(59)80-72)69-61(76(62,53-22-14-12-15-23-53)54-24-16-13-17-25-54)47-64(71-68(69)60-27-19-21-29-66(60)79-71)78(57-42-34-51(35-43-57)74(6,7)8)58-44-36-52(37-45-58)75(9,10)11/h12-48H,1-11H3. The Labute approximate surface area is 471 Å². The van der Waals surface area contributed by atoms with Crippen LogP contribution in [-0.4, -0.2) is 0 Å². The highest BCUT2D eigenvalue weighted by molar-refractivity contribution is 6.26. The van der Waals surface area contributed by atoms with Crippen LogP contribution < -0.4 is 9.80 Å². The van der Waals surface area contributed by atoms with Crippen LogP contribution in [0, 0.1) is 0 Å². The summed E-state index contributed by atoms with van der Waals surface area (Å²) in [5, 5.41) is 4.22. The Kier molecular flexibility index (Phi) is 11.9. The molecule has 0 fully saturated rings. The van der Waals surface area contributed by atoms with Gasteiger partial charge >= 0.3 is 0 Å². The van der Waals surface area contributed by atoms with E-state index in [2.05, 4.69) is 304 Å². The summed E-state index contributed by atoms with van der Waals surface area (Å²) in [6, 6.07) is 81.3. The van der Waals surface area contributed by atoms with E-state index in [1.807, 2.05) is 0 Å². The third-order valence-corrected chi connectivity index (χ3v) is 17.0. The van der Waals surface area contributed by atoms with Crippen LogP contribution >= 0.6 is 0 Å². The SMILES string of the molecule is CC(C)c1ccc(N(c2ccc(C(C)(C)C)cc2)c2cc3c(c4oc5ccccc5c24)-c2c(cc(N(c4ccc(C(C)(C)C)cc4)c4ccc(C(C)(C)C)cc4)c4oc5ccccc5c24)C3(c2ccccc2)c2ccccc2)cc1. The number of rotatable bonds is 9. The van der Waals surface area contributed by atoms with Crippen LogP contribution in [0.2, 0.25) is 0 Å². The zero-order valence-electron chi connectivity index (χ0n) is 48.1. The van der Waals surface area contributed by atoms with E-state index in [4.69, 9.17) is 8.83 Å². The molecule has 0 saturated carbocycles. The van der Waals surface area contributed by atoms with Gasteiger partial charge in [0.2, 0.25) is 0 Å². The van der Waals surface area contributed by atoms with E-state index in [0.717, 1.165) is 111 Å².